The summed E-state index contributed by atoms with van der Waals surface area (Å²) in [5, 5.41) is 0. The SMILES string of the molecule is C/C=C/Oc1ccc(COc2ccc(CCC)cc2)c(F)c1F. The fourth-order valence-corrected chi connectivity index (χ4v) is 2.12. The van der Waals surface area contributed by atoms with Crippen molar-refractivity contribution in [3.05, 3.63) is 71.5 Å². The quantitative estimate of drug-likeness (QED) is 0.636. The molecule has 0 radical (unpaired) electrons. The zero-order valence-electron chi connectivity index (χ0n) is 13.3. The van der Waals surface area contributed by atoms with Crippen molar-refractivity contribution in [2.75, 3.05) is 0 Å². The second-order valence-electron chi connectivity index (χ2n) is 5.12. The second kappa shape index (κ2) is 8.32. The highest BCUT2D eigenvalue weighted by molar-refractivity contribution is 5.32. The van der Waals surface area contributed by atoms with Gasteiger partial charge in [0.15, 0.2) is 11.6 Å². The predicted octanol–water partition coefficient (Wildman–Crippen LogP) is 5.41. The largest absolute Gasteiger partial charge is 0.489 e. The minimum atomic E-state index is -1.01. The zero-order chi connectivity index (χ0) is 16.7. The van der Waals surface area contributed by atoms with Crippen LogP contribution in [0.15, 0.2) is 48.7 Å². The summed E-state index contributed by atoms with van der Waals surface area (Å²) in [6, 6.07) is 10.5. The molecule has 0 aliphatic carbocycles. The van der Waals surface area contributed by atoms with Crippen LogP contribution in [-0.4, -0.2) is 0 Å². The number of benzene rings is 2. The van der Waals surface area contributed by atoms with E-state index in [1.165, 1.54) is 24.0 Å². The highest BCUT2D eigenvalue weighted by Gasteiger charge is 2.14. The zero-order valence-corrected chi connectivity index (χ0v) is 13.3. The van der Waals surface area contributed by atoms with Gasteiger partial charge in [0.25, 0.3) is 0 Å². The van der Waals surface area contributed by atoms with E-state index in [2.05, 4.69) is 6.92 Å². The lowest BCUT2D eigenvalue weighted by atomic mass is 10.1. The van der Waals surface area contributed by atoms with Crippen LogP contribution in [-0.2, 0) is 13.0 Å². The molecule has 2 nitrogen and oxygen atoms in total. The van der Waals surface area contributed by atoms with Gasteiger partial charge in [-0.15, -0.1) is 0 Å². The molecule has 0 fully saturated rings. The van der Waals surface area contributed by atoms with E-state index in [1.807, 2.05) is 24.3 Å². The normalized spacial score (nSPS) is 11.0. The maximum absolute atomic E-state index is 14.0. The maximum Gasteiger partial charge on any atom is 0.201 e. The van der Waals surface area contributed by atoms with Crippen LogP contribution in [0, 0.1) is 11.6 Å². The molecule has 0 aromatic heterocycles. The summed E-state index contributed by atoms with van der Waals surface area (Å²) in [6.07, 6.45) is 4.97. The third-order valence-corrected chi connectivity index (χ3v) is 3.31. The molecular formula is C19H20F2O2. The molecule has 0 amide bonds. The molecule has 0 saturated heterocycles. The summed E-state index contributed by atoms with van der Waals surface area (Å²) in [7, 11) is 0. The molecule has 122 valence electrons. The monoisotopic (exact) mass is 318 g/mol. The van der Waals surface area contributed by atoms with E-state index < -0.39 is 11.6 Å². The van der Waals surface area contributed by atoms with Gasteiger partial charge < -0.3 is 9.47 Å². The van der Waals surface area contributed by atoms with E-state index >= 15 is 0 Å². The Bertz CT molecular complexity index is 664. The van der Waals surface area contributed by atoms with Gasteiger partial charge in [-0.3, -0.25) is 0 Å². The van der Waals surface area contributed by atoms with Gasteiger partial charge in [-0.05, 0) is 43.2 Å². The molecule has 0 N–H and O–H groups in total. The molecule has 0 aliphatic heterocycles. The van der Waals surface area contributed by atoms with E-state index in [0.717, 1.165) is 12.8 Å². The third kappa shape index (κ3) is 4.55. The summed E-state index contributed by atoms with van der Waals surface area (Å²) in [5.74, 6) is -1.48. The Morgan fingerprint density at radius 3 is 2.39 bits per heavy atom. The lowest BCUT2D eigenvalue weighted by Crippen LogP contribution is -2.02. The summed E-state index contributed by atoms with van der Waals surface area (Å²) in [6.45, 7) is 3.80. The Kier molecular flexibility index (Phi) is 6.15. The summed E-state index contributed by atoms with van der Waals surface area (Å²) >= 11 is 0. The van der Waals surface area contributed by atoms with Crippen molar-refractivity contribution in [1.82, 2.24) is 0 Å². The smallest absolute Gasteiger partial charge is 0.201 e. The van der Waals surface area contributed by atoms with E-state index in [1.54, 1.807) is 13.0 Å². The minimum Gasteiger partial charge on any atom is -0.489 e. The van der Waals surface area contributed by atoms with Crippen LogP contribution in [0.4, 0.5) is 8.78 Å². The molecule has 0 spiro atoms. The van der Waals surface area contributed by atoms with Crippen LogP contribution in [0.3, 0.4) is 0 Å². The van der Waals surface area contributed by atoms with Crippen LogP contribution < -0.4 is 9.47 Å². The number of rotatable bonds is 7. The van der Waals surface area contributed by atoms with E-state index in [-0.39, 0.29) is 17.9 Å². The van der Waals surface area contributed by atoms with Gasteiger partial charge >= 0.3 is 0 Å². The Morgan fingerprint density at radius 2 is 1.74 bits per heavy atom. The van der Waals surface area contributed by atoms with Gasteiger partial charge in [0.2, 0.25) is 5.82 Å². The Hall–Kier alpha value is -2.36. The van der Waals surface area contributed by atoms with Gasteiger partial charge in [-0.25, -0.2) is 4.39 Å². The fourth-order valence-electron chi connectivity index (χ4n) is 2.12. The first-order valence-corrected chi connectivity index (χ1v) is 7.62. The molecule has 23 heavy (non-hydrogen) atoms. The molecule has 0 atom stereocenters. The Labute approximate surface area is 135 Å². The van der Waals surface area contributed by atoms with Crippen molar-refractivity contribution in [3.63, 3.8) is 0 Å². The van der Waals surface area contributed by atoms with Gasteiger partial charge in [0, 0.05) is 5.56 Å². The third-order valence-electron chi connectivity index (χ3n) is 3.31. The molecule has 0 aliphatic rings. The van der Waals surface area contributed by atoms with Gasteiger partial charge in [-0.2, -0.15) is 4.39 Å². The molecule has 2 rings (SSSR count). The summed E-state index contributed by atoms with van der Waals surface area (Å²) < 4.78 is 38.4. The minimum absolute atomic E-state index is 0.0419. The molecule has 2 aromatic carbocycles. The van der Waals surface area contributed by atoms with Crippen molar-refractivity contribution >= 4 is 0 Å². The molecule has 2 aromatic rings. The summed E-state index contributed by atoms with van der Waals surface area (Å²) in [4.78, 5) is 0. The van der Waals surface area contributed by atoms with Crippen LogP contribution in [0.2, 0.25) is 0 Å². The van der Waals surface area contributed by atoms with E-state index in [4.69, 9.17) is 9.47 Å². The Balaban J connectivity index is 2.04. The summed E-state index contributed by atoms with van der Waals surface area (Å²) in [5.41, 5.74) is 1.37. The first kappa shape index (κ1) is 17.0. The molecule has 4 heteroatoms. The number of ether oxygens (including phenoxy) is 2. The molecule has 0 heterocycles. The van der Waals surface area contributed by atoms with Crippen LogP contribution in [0.25, 0.3) is 0 Å². The van der Waals surface area contributed by atoms with Crippen molar-refractivity contribution < 1.29 is 18.3 Å². The maximum atomic E-state index is 14.0. The molecular weight excluding hydrogens is 298 g/mol. The predicted molar refractivity (Wildman–Crippen MR) is 86.6 cm³/mol. The number of hydrogen-bond donors (Lipinski definition) is 0. The average Bonchev–Trinajstić information content (AvgIpc) is 2.57. The second-order valence-corrected chi connectivity index (χ2v) is 5.12. The highest BCUT2D eigenvalue weighted by Crippen LogP contribution is 2.24. The first-order chi connectivity index (χ1) is 11.2. The highest BCUT2D eigenvalue weighted by atomic mass is 19.2. The van der Waals surface area contributed by atoms with E-state index in [9.17, 15) is 8.78 Å². The van der Waals surface area contributed by atoms with Crippen LogP contribution >= 0.6 is 0 Å². The van der Waals surface area contributed by atoms with Crippen LogP contribution in [0.1, 0.15) is 31.4 Å². The molecule has 0 unspecified atom stereocenters. The van der Waals surface area contributed by atoms with Crippen LogP contribution in [0.5, 0.6) is 11.5 Å². The molecule has 0 saturated carbocycles. The first-order valence-electron chi connectivity index (χ1n) is 7.62. The topological polar surface area (TPSA) is 18.5 Å². The molecule has 0 bridgehead atoms. The standard InChI is InChI=1S/C19H20F2O2/c1-3-5-14-6-9-16(10-7-14)23-13-15-8-11-17(22-12-4-2)19(21)18(15)20/h4,6-12H,3,5,13H2,1-2H3/b12-4+. The average molecular weight is 318 g/mol. The number of aryl methyl sites for hydroxylation is 1. The van der Waals surface area contributed by atoms with Gasteiger partial charge in [0.05, 0.1) is 6.26 Å². The van der Waals surface area contributed by atoms with Gasteiger partial charge in [-0.1, -0.05) is 31.6 Å². The van der Waals surface area contributed by atoms with Crippen molar-refractivity contribution in [3.8, 4) is 11.5 Å². The fraction of sp³-hybridized carbons (Fsp3) is 0.263. The number of halogens is 2. The van der Waals surface area contributed by atoms with Crippen molar-refractivity contribution in [2.45, 2.75) is 33.3 Å². The van der Waals surface area contributed by atoms with Gasteiger partial charge in [0.1, 0.15) is 12.4 Å². The lowest BCUT2D eigenvalue weighted by Gasteiger charge is -2.10. The van der Waals surface area contributed by atoms with E-state index in [0.29, 0.717) is 5.75 Å². The van der Waals surface area contributed by atoms with Crippen molar-refractivity contribution in [1.29, 1.82) is 0 Å². The number of hydrogen-bond acceptors (Lipinski definition) is 2. The lowest BCUT2D eigenvalue weighted by molar-refractivity contribution is 0.295. The van der Waals surface area contributed by atoms with Crippen molar-refractivity contribution in [2.24, 2.45) is 0 Å². The Morgan fingerprint density at radius 1 is 1.00 bits per heavy atom. The number of allylic oxidation sites excluding steroid dienone is 1.